The summed E-state index contributed by atoms with van der Waals surface area (Å²) in [4.78, 5) is 0. The van der Waals surface area contributed by atoms with E-state index in [0.717, 1.165) is 13.1 Å². The largest absolute Gasteiger partial charge is 0.326 e. The van der Waals surface area contributed by atoms with E-state index in [1.807, 2.05) is 0 Å². The SMILES string of the molecule is N[C@@H]1CCCCC1NCCN[C@@H]1CCCC[C@H]1N. The van der Waals surface area contributed by atoms with Crippen molar-refractivity contribution in [2.75, 3.05) is 13.1 Å². The molecule has 6 N–H and O–H groups in total. The van der Waals surface area contributed by atoms with Crippen LogP contribution in [0.2, 0.25) is 0 Å². The van der Waals surface area contributed by atoms with Gasteiger partial charge in [0.1, 0.15) is 0 Å². The lowest BCUT2D eigenvalue weighted by atomic mass is 9.90. The average Bonchev–Trinajstić information content (AvgIpc) is 2.38. The van der Waals surface area contributed by atoms with Crippen LogP contribution in [0, 0.1) is 0 Å². The Hall–Kier alpha value is -0.160. The standard InChI is InChI=1S/C14H30N4/c15-11-5-1-3-7-13(11)17-9-10-18-14-8-4-2-6-12(14)16/h11-14,17-18H,1-10,15-16H2/t11-,12-,13-,14?/m1/s1. The molecule has 0 aromatic heterocycles. The first-order chi connectivity index (χ1) is 8.77. The predicted octanol–water partition coefficient (Wildman–Crippen LogP) is 0.705. The summed E-state index contributed by atoms with van der Waals surface area (Å²) in [6.07, 6.45) is 10.1. The molecule has 2 rings (SSSR count). The normalized spacial score (nSPS) is 37.7. The second-order valence-electron chi connectivity index (χ2n) is 6.02. The van der Waals surface area contributed by atoms with Gasteiger partial charge in [0.05, 0.1) is 0 Å². The fraction of sp³-hybridized carbons (Fsp3) is 1.00. The molecule has 0 radical (unpaired) electrons. The van der Waals surface area contributed by atoms with Crippen LogP contribution >= 0.6 is 0 Å². The lowest BCUT2D eigenvalue weighted by Gasteiger charge is -2.31. The molecule has 0 aliphatic heterocycles. The van der Waals surface area contributed by atoms with Crippen LogP contribution in [-0.4, -0.2) is 37.3 Å². The molecule has 0 saturated heterocycles. The van der Waals surface area contributed by atoms with E-state index in [1.165, 1.54) is 51.4 Å². The third-order valence-electron chi connectivity index (χ3n) is 4.58. The molecular weight excluding hydrogens is 224 g/mol. The van der Waals surface area contributed by atoms with E-state index in [4.69, 9.17) is 11.5 Å². The first-order valence-corrected chi connectivity index (χ1v) is 7.75. The number of hydrogen-bond acceptors (Lipinski definition) is 4. The Labute approximate surface area is 111 Å². The molecule has 0 heterocycles. The van der Waals surface area contributed by atoms with Gasteiger partial charge >= 0.3 is 0 Å². The molecule has 4 heteroatoms. The van der Waals surface area contributed by atoms with Crippen molar-refractivity contribution in [1.29, 1.82) is 0 Å². The molecule has 1 unspecified atom stereocenters. The highest BCUT2D eigenvalue weighted by molar-refractivity contribution is 4.86. The molecule has 4 nitrogen and oxygen atoms in total. The lowest BCUT2D eigenvalue weighted by Crippen LogP contribution is -2.51. The first kappa shape index (κ1) is 14.3. The van der Waals surface area contributed by atoms with Crippen LogP contribution in [0.4, 0.5) is 0 Å². The Balaban J connectivity index is 1.57. The summed E-state index contributed by atoms with van der Waals surface area (Å²) < 4.78 is 0. The molecule has 2 saturated carbocycles. The van der Waals surface area contributed by atoms with Crippen molar-refractivity contribution < 1.29 is 0 Å². The highest BCUT2D eigenvalue weighted by Gasteiger charge is 2.22. The summed E-state index contributed by atoms with van der Waals surface area (Å²) in [5, 5.41) is 7.19. The van der Waals surface area contributed by atoms with Gasteiger partial charge in [0.2, 0.25) is 0 Å². The van der Waals surface area contributed by atoms with Crippen molar-refractivity contribution in [2.45, 2.75) is 75.5 Å². The number of hydrogen-bond donors (Lipinski definition) is 4. The van der Waals surface area contributed by atoms with Gasteiger partial charge in [-0.15, -0.1) is 0 Å². The van der Waals surface area contributed by atoms with E-state index in [2.05, 4.69) is 10.6 Å². The summed E-state index contributed by atoms with van der Waals surface area (Å²) in [5.74, 6) is 0. The van der Waals surface area contributed by atoms with Crippen molar-refractivity contribution in [1.82, 2.24) is 10.6 Å². The Bertz CT molecular complexity index is 210. The van der Waals surface area contributed by atoms with Gasteiger partial charge in [-0.25, -0.2) is 0 Å². The van der Waals surface area contributed by atoms with Crippen molar-refractivity contribution in [2.24, 2.45) is 11.5 Å². The van der Waals surface area contributed by atoms with Crippen LogP contribution in [0.25, 0.3) is 0 Å². The van der Waals surface area contributed by atoms with Crippen molar-refractivity contribution >= 4 is 0 Å². The average molecular weight is 254 g/mol. The number of nitrogens with one attached hydrogen (secondary N) is 2. The van der Waals surface area contributed by atoms with Gasteiger partial charge in [-0.1, -0.05) is 25.7 Å². The molecule has 2 fully saturated rings. The van der Waals surface area contributed by atoms with E-state index >= 15 is 0 Å². The van der Waals surface area contributed by atoms with Crippen molar-refractivity contribution in [3.8, 4) is 0 Å². The molecule has 0 amide bonds. The van der Waals surface area contributed by atoms with E-state index in [0.29, 0.717) is 24.2 Å². The Morgan fingerprint density at radius 1 is 0.667 bits per heavy atom. The minimum Gasteiger partial charge on any atom is -0.326 e. The quantitative estimate of drug-likeness (QED) is 0.545. The monoisotopic (exact) mass is 254 g/mol. The zero-order chi connectivity index (χ0) is 12.8. The fourth-order valence-corrected chi connectivity index (χ4v) is 3.34. The molecule has 18 heavy (non-hydrogen) atoms. The van der Waals surface area contributed by atoms with Gasteiger partial charge in [-0.05, 0) is 25.7 Å². The molecule has 0 aromatic carbocycles. The zero-order valence-electron chi connectivity index (χ0n) is 11.5. The van der Waals surface area contributed by atoms with Crippen LogP contribution in [0.15, 0.2) is 0 Å². The maximum atomic E-state index is 6.12. The maximum Gasteiger partial charge on any atom is 0.0219 e. The highest BCUT2D eigenvalue weighted by atomic mass is 15.0. The minimum atomic E-state index is 0.357. The van der Waals surface area contributed by atoms with Crippen LogP contribution < -0.4 is 22.1 Å². The van der Waals surface area contributed by atoms with Crippen LogP contribution in [0.3, 0.4) is 0 Å². The van der Waals surface area contributed by atoms with Gasteiger partial charge in [-0.2, -0.15) is 0 Å². The third-order valence-corrected chi connectivity index (χ3v) is 4.58. The lowest BCUT2D eigenvalue weighted by molar-refractivity contribution is 0.306. The molecule has 106 valence electrons. The summed E-state index contributed by atoms with van der Waals surface area (Å²) >= 11 is 0. The van der Waals surface area contributed by atoms with E-state index in [9.17, 15) is 0 Å². The number of nitrogens with two attached hydrogens (primary N) is 2. The summed E-state index contributed by atoms with van der Waals surface area (Å²) in [7, 11) is 0. The second-order valence-corrected chi connectivity index (χ2v) is 6.02. The Morgan fingerprint density at radius 3 is 1.44 bits per heavy atom. The molecule has 4 atom stereocenters. The summed E-state index contributed by atoms with van der Waals surface area (Å²) in [5.41, 5.74) is 12.2. The summed E-state index contributed by atoms with van der Waals surface area (Å²) in [6.45, 7) is 2.03. The van der Waals surface area contributed by atoms with Gasteiger partial charge in [-0.3, -0.25) is 0 Å². The highest BCUT2D eigenvalue weighted by Crippen LogP contribution is 2.17. The zero-order valence-corrected chi connectivity index (χ0v) is 11.5. The summed E-state index contributed by atoms with van der Waals surface area (Å²) in [6, 6.07) is 1.77. The Morgan fingerprint density at radius 2 is 1.06 bits per heavy atom. The topological polar surface area (TPSA) is 76.1 Å². The first-order valence-electron chi connectivity index (χ1n) is 7.75. The van der Waals surface area contributed by atoms with Crippen molar-refractivity contribution in [3.05, 3.63) is 0 Å². The number of rotatable bonds is 5. The van der Waals surface area contributed by atoms with E-state index in [1.54, 1.807) is 0 Å². The Kier molecular flexibility index (Phi) is 5.89. The third kappa shape index (κ3) is 4.19. The van der Waals surface area contributed by atoms with Crippen LogP contribution in [0.5, 0.6) is 0 Å². The maximum absolute atomic E-state index is 6.12. The van der Waals surface area contributed by atoms with E-state index in [-0.39, 0.29) is 0 Å². The van der Waals surface area contributed by atoms with Crippen LogP contribution in [-0.2, 0) is 0 Å². The second kappa shape index (κ2) is 7.43. The molecule has 0 bridgehead atoms. The van der Waals surface area contributed by atoms with E-state index < -0.39 is 0 Å². The van der Waals surface area contributed by atoms with Gasteiger partial charge < -0.3 is 22.1 Å². The van der Waals surface area contributed by atoms with Gasteiger partial charge in [0.25, 0.3) is 0 Å². The van der Waals surface area contributed by atoms with Gasteiger partial charge in [0.15, 0.2) is 0 Å². The van der Waals surface area contributed by atoms with Crippen molar-refractivity contribution in [3.63, 3.8) is 0 Å². The molecule has 0 spiro atoms. The van der Waals surface area contributed by atoms with Crippen LogP contribution in [0.1, 0.15) is 51.4 Å². The molecule has 2 aliphatic carbocycles. The molecule has 0 aromatic rings. The predicted molar refractivity (Wildman–Crippen MR) is 76.5 cm³/mol. The molecule has 2 aliphatic rings. The molecular formula is C14H30N4. The minimum absolute atomic E-state index is 0.357. The smallest absolute Gasteiger partial charge is 0.0219 e. The van der Waals surface area contributed by atoms with Gasteiger partial charge in [0, 0.05) is 37.3 Å². The fourth-order valence-electron chi connectivity index (χ4n) is 3.34.